The van der Waals surface area contributed by atoms with Crippen molar-refractivity contribution in [3.63, 3.8) is 0 Å². The number of sulfonamides is 1. The summed E-state index contributed by atoms with van der Waals surface area (Å²) < 4.78 is 31.3. The molecule has 0 amide bonds. The Morgan fingerprint density at radius 1 is 1.42 bits per heavy atom. The van der Waals surface area contributed by atoms with Crippen LogP contribution in [0.5, 0.6) is 0 Å². The van der Waals surface area contributed by atoms with Crippen LogP contribution < -0.4 is 4.72 Å². The van der Waals surface area contributed by atoms with Crippen LogP contribution in [0.2, 0.25) is 5.02 Å². The zero-order valence-electron chi connectivity index (χ0n) is 10.3. The first-order chi connectivity index (χ1) is 8.99. The lowest BCUT2D eigenvalue weighted by Crippen LogP contribution is -2.26. The maximum atomic E-state index is 12.0. The molecule has 2 rings (SSSR count). The molecule has 0 aliphatic carbocycles. The molecule has 102 valence electrons. The summed E-state index contributed by atoms with van der Waals surface area (Å²) in [6.07, 6.45) is 3.57. The molecular weight excluding hydrogens is 288 g/mol. The van der Waals surface area contributed by atoms with Gasteiger partial charge in [0.05, 0.1) is 11.1 Å². The normalized spacial score (nSPS) is 11.7. The summed E-state index contributed by atoms with van der Waals surface area (Å²) in [5, 5.41) is 4.09. The van der Waals surface area contributed by atoms with Gasteiger partial charge in [-0.05, 0) is 37.1 Å². The van der Waals surface area contributed by atoms with E-state index in [-0.39, 0.29) is 11.4 Å². The van der Waals surface area contributed by atoms with Crippen molar-refractivity contribution < 1.29 is 12.9 Å². The van der Waals surface area contributed by atoms with E-state index in [9.17, 15) is 8.42 Å². The highest BCUT2D eigenvalue weighted by molar-refractivity contribution is 7.89. The van der Waals surface area contributed by atoms with E-state index in [0.717, 1.165) is 11.1 Å². The molecule has 1 aromatic heterocycles. The van der Waals surface area contributed by atoms with E-state index in [1.54, 1.807) is 25.3 Å². The highest BCUT2D eigenvalue weighted by Gasteiger charge is 2.14. The SMILES string of the molecule is Cc1cc(S(=O)(=O)NCCc2cnoc2)ccc1Cl. The van der Waals surface area contributed by atoms with Crippen molar-refractivity contribution in [1.29, 1.82) is 0 Å². The Labute approximate surface area is 116 Å². The molecule has 0 fully saturated rings. The van der Waals surface area contributed by atoms with Crippen molar-refractivity contribution in [2.45, 2.75) is 18.2 Å². The van der Waals surface area contributed by atoms with Gasteiger partial charge in [0.15, 0.2) is 0 Å². The number of hydrogen-bond acceptors (Lipinski definition) is 4. The number of rotatable bonds is 5. The fourth-order valence-electron chi connectivity index (χ4n) is 1.55. The lowest BCUT2D eigenvalue weighted by atomic mass is 10.2. The van der Waals surface area contributed by atoms with E-state index in [2.05, 4.69) is 14.4 Å². The Kier molecular flexibility index (Phi) is 4.24. The molecule has 2 aromatic rings. The van der Waals surface area contributed by atoms with E-state index in [1.807, 2.05) is 0 Å². The molecule has 1 N–H and O–H groups in total. The quantitative estimate of drug-likeness (QED) is 0.918. The average molecular weight is 301 g/mol. The monoisotopic (exact) mass is 300 g/mol. The largest absolute Gasteiger partial charge is 0.364 e. The third kappa shape index (κ3) is 3.56. The minimum atomic E-state index is -3.51. The van der Waals surface area contributed by atoms with Crippen LogP contribution in [-0.2, 0) is 16.4 Å². The van der Waals surface area contributed by atoms with Crippen LogP contribution in [0, 0.1) is 6.92 Å². The second-order valence-corrected chi connectivity index (χ2v) is 6.27. The van der Waals surface area contributed by atoms with Gasteiger partial charge in [-0.2, -0.15) is 0 Å². The van der Waals surface area contributed by atoms with E-state index < -0.39 is 10.0 Å². The van der Waals surface area contributed by atoms with Crippen LogP contribution in [0.4, 0.5) is 0 Å². The minimum Gasteiger partial charge on any atom is -0.364 e. The Hall–Kier alpha value is -1.37. The van der Waals surface area contributed by atoms with E-state index >= 15 is 0 Å². The smallest absolute Gasteiger partial charge is 0.240 e. The third-order valence-corrected chi connectivity index (χ3v) is 4.51. The van der Waals surface area contributed by atoms with Crippen LogP contribution in [0.15, 0.2) is 40.1 Å². The maximum absolute atomic E-state index is 12.0. The summed E-state index contributed by atoms with van der Waals surface area (Å²) in [6, 6.07) is 4.60. The van der Waals surface area contributed by atoms with Crippen molar-refractivity contribution in [3.8, 4) is 0 Å². The summed E-state index contributed by atoms with van der Waals surface area (Å²) in [5.41, 5.74) is 1.57. The lowest BCUT2D eigenvalue weighted by molar-refractivity contribution is 0.419. The first kappa shape index (κ1) is 14.0. The topological polar surface area (TPSA) is 72.2 Å². The van der Waals surface area contributed by atoms with Crippen molar-refractivity contribution in [1.82, 2.24) is 9.88 Å². The molecule has 0 aliphatic heterocycles. The molecule has 0 saturated heterocycles. The first-order valence-electron chi connectivity index (χ1n) is 5.63. The molecule has 1 heterocycles. The predicted octanol–water partition coefficient (Wildman–Crippen LogP) is 2.16. The number of benzene rings is 1. The van der Waals surface area contributed by atoms with Gasteiger partial charge < -0.3 is 4.52 Å². The van der Waals surface area contributed by atoms with E-state index in [0.29, 0.717) is 11.4 Å². The van der Waals surface area contributed by atoms with Gasteiger partial charge in [-0.15, -0.1) is 0 Å². The van der Waals surface area contributed by atoms with Crippen LogP contribution in [0.25, 0.3) is 0 Å². The molecule has 0 spiro atoms. The maximum Gasteiger partial charge on any atom is 0.240 e. The van der Waals surface area contributed by atoms with Gasteiger partial charge in [-0.25, -0.2) is 13.1 Å². The average Bonchev–Trinajstić information content (AvgIpc) is 2.85. The highest BCUT2D eigenvalue weighted by Crippen LogP contribution is 2.19. The minimum absolute atomic E-state index is 0.208. The molecule has 0 aliphatic rings. The Morgan fingerprint density at radius 2 is 2.21 bits per heavy atom. The molecule has 19 heavy (non-hydrogen) atoms. The first-order valence-corrected chi connectivity index (χ1v) is 7.49. The lowest BCUT2D eigenvalue weighted by Gasteiger charge is -2.07. The van der Waals surface area contributed by atoms with Crippen molar-refractivity contribution in [2.24, 2.45) is 0 Å². The zero-order chi connectivity index (χ0) is 13.9. The van der Waals surface area contributed by atoms with E-state index in [1.165, 1.54) is 12.3 Å². The molecule has 0 unspecified atom stereocenters. The standard InChI is InChI=1S/C12H13ClN2O3S/c1-9-6-11(2-3-12(9)13)19(16,17)15-5-4-10-7-14-18-8-10/h2-3,6-8,15H,4-5H2,1H3. The molecule has 5 nitrogen and oxygen atoms in total. The molecule has 0 radical (unpaired) electrons. The van der Waals surface area contributed by atoms with Crippen molar-refractivity contribution in [3.05, 3.63) is 46.8 Å². The number of hydrogen-bond donors (Lipinski definition) is 1. The fraction of sp³-hybridized carbons (Fsp3) is 0.250. The fourth-order valence-corrected chi connectivity index (χ4v) is 2.78. The van der Waals surface area contributed by atoms with Gasteiger partial charge >= 0.3 is 0 Å². The molecule has 0 atom stereocenters. The van der Waals surface area contributed by atoms with Gasteiger partial charge in [-0.1, -0.05) is 16.8 Å². The van der Waals surface area contributed by atoms with Gasteiger partial charge in [-0.3, -0.25) is 0 Å². The number of aryl methyl sites for hydroxylation is 1. The second kappa shape index (κ2) is 5.73. The number of halogens is 1. The summed E-state index contributed by atoms with van der Waals surface area (Å²) in [7, 11) is -3.51. The summed E-state index contributed by atoms with van der Waals surface area (Å²) >= 11 is 5.87. The van der Waals surface area contributed by atoms with E-state index in [4.69, 9.17) is 11.6 Å². The molecule has 0 bridgehead atoms. The molecule has 0 saturated carbocycles. The van der Waals surface area contributed by atoms with Crippen LogP contribution >= 0.6 is 11.6 Å². The highest BCUT2D eigenvalue weighted by atomic mass is 35.5. The molecular formula is C12H13ClN2O3S. The third-order valence-electron chi connectivity index (χ3n) is 2.63. The van der Waals surface area contributed by atoms with Crippen molar-refractivity contribution in [2.75, 3.05) is 6.54 Å². The van der Waals surface area contributed by atoms with Crippen LogP contribution in [0.1, 0.15) is 11.1 Å². The van der Waals surface area contributed by atoms with Gasteiger partial charge in [0.1, 0.15) is 6.26 Å². The van der Waals surface area contributed by atoms with Gasteiger partial charge in [0.2, 0.25) is 10.0 Å². The predicted molar refractivity (Wildman–Crippen MR) is 71.6 cm³/mol. The Morgan fingerprint density at radius 3 is 2.84 bits per heavy atom. The summed E-state index contributed by atoms with van der Waals surface area (Å²) in [5.74, 6) is 0. The summed E-state index contributed by atoms with van der Waals surface area (Å²) in [6.45, 7) is 2.05. The van der Waals surface area contributed by atoms with Crippen LogP contribution in [0.3, 0.4) is 0 Å². The zero-order valence-corrected chi connectivity index (χ0v) is 11.8. The molecule has 7 heteroatoms. The van der Waals surface area contributed by atoms with Crippen LogP contribution in [-0.4, -0.2) is 20.1 Å². The number of nitrogens with one attached hydrogen (secondary N) is 1. The second-order valence-electron chi connectivity index (χ2n) is 4.09. The Bertz CT molecular complexity index is 654. The van der Waals surface area contributed by atoms with Gasteiger partial charge in [0, 0.05) is 17.1 Å². The number of aromatic nitrogens is 1. The number of nitrogens with zero attached hydrogens (tertiary/aromatic N) is 1. The molecule has 1 aromatic carbocycles. The van der Waals surface area contributed by atoms with Gasteiger partial charge in [0.25, 0.3) is 0 Å². The Balaban J connectivity index is 2.03. The summed E-state index contributed by atoms with van der Waals surface area (Å²) in [4.78, 5) is 0.208. The van der Waals surface area contributed by atoms with Crippen molar-refractivity contribution >= 4 is 21.6 Å².